The number of carbonyl (C=O) groups excluding carboxylic acids is 1. The highest BCUT2D eigenvalue weighted by molar-refractivity contribution is 9.09. The van der Waals surface area contributed by atoms with Gasteiger partial charge in [-0.25, -0.2) is 4.98 Å². The van der Waals surface area contributed by atoms with Crippen LogP contribution in [0.3, 0.4) is 0 Å². The number of para-hydroxylation sites is 1. The van der Waals surface area contributed by atoms with E-state index >= 15 is 0 Å². The molecule has 7 heteroatoms. The van der Waals surface area contributed by atoms with Crippen molar-refractivity contribution in [3.63, 3.8) is 0 Å². The second kappa shape index (κ2) is 18.2. The summed E-state index contributed by atoms with van der Waals surface area (Å²) in [6, 6.07) is 28.4. The molecule has 4 aromatic rings. The summed E-state index contributed by atoms with van der Waals surface area (Å²) >= 11 is 3.49. The summed E-state index contributed by atoms with van der Waals surface area (Å²) in [6.45, 7) is 0. The van der Waals surface area contributed by atoms with Gasteiger partial charge in [0.05, 0.1) is 18.1 Å². The number of nitrogens with zero attached hydrogens (tertiary/aromatic N) is 2. The number of benzene rings is 2. The summed E-state index contributed by atoms with van der Waals surface area (Å²) in [5, 5.41) is 19.7. The van der Waals surface area contributed by atoms with E-state index in [-0.39, 0.29) is 5.91 Å². The number of anilines is 2. The molecule has 0 spiro atoms. The monoisotopic (exact) mass is 642 g/mol. The summed E-state index contributed by atoms with van der Waals surface area (Å²) in [6.07, 6.45) is 12.5. The van der Waals surface area contributed by atoms with Gasteiger partial charge in [-0.1, -0.05) is 115 Å². The Balaban J connectivity index is 1.55. The van der Waals surface area contributed by atoms with E-state index in [1.165, 1.54) is 32.1 Å². The number of halogens is 1. The number of aliphatic hydroxyl groups excluding tert-OH is 1. The molecule has 4 rings (SSSR count). The fourth-order valence-electron chi connectivity index (χ4n) is 5.45. The summed E-state index contributed by atoms with van der Waals surface area (Å²) in [5.74, 6) is 0.180. The first-order valence-electron chi connectivity index (χ1n) is 15.4. The fraction of sp³-hybridized carbons (Fsp3) is 0.361. The largest absolute Gasteiger partial charge is 0.388 e. The van der Waals surface area contributed by atoms with E-state index in [0.29, 0.717) is 17.9 Å². The van der Waals surface area contributed by atoms with Gasteiger partial charge in [0.2, 0.25) is 5.91 Å². The maximum Gasteiger partial charge on any atom is 0.224 e. The van der Waals surface area contributed by atoms with Crippen LogP contribution in [0.25, 0.3) is 0 Å². The quantitative estimate of drug-likeness (QED) is 0.0744. The molecule has 0 saturated heterocycles. The Bertz CT molecular complexity index is 1340. The standard InChI is InChI=1S/C36H43BrN4O2/c37-25-15-6-4-2-1-3-5-10-24-33(42)40-30-21-12-11-20-29(30)35(41-32-23-14-17-27-39-32)34(31-22-13-16-26-38-31)36(43)28-18-8-7-9-19-28/h7-9,11-14,16-23,26-27,34-36,43H,1-6,10,15,24-25H2,(H,39,41)(H,40,42). The number of carbonyl (C=O) groups is 1. The Morgan fingerprint density at radius 1 is 0.721 bits per heavy atom. The molecular weight excluding hydrogens is 600 g/mol. The lowest BCUT2D eigenvalue weighted by Crippen LogP contribution is -2.27. The van der Waals surface area contributed by atoms with Crippen LogP contribution in [0.5, 0.6) is 0 Å². The van der Waals surface area contributed by atoms with Crippen LogP contribution < -0.4 is 10.6 Å². The zero-order valence-corrected chi connectivity index (χ0v) is 26.3. The van der Waals surface area contributed by atoms with Crippen molar-refractivity contribution in [2.45, 2.75) is 75.9 Å². The Labute approximate surface area is 264 Å². The third kappa shape index (κ3) is 10.3. The summed E-state index contributed by atoms with van der Waals surface area (Å²) in [7, 11) is 0. The van der Waals surface area contributed by atoms with Gasteiger partial charge in [0, 0.05) is 35.5 Å². The molecule has 0 saturated carbocycles. The highest BCUT2D eigenvalue weighted by Crippen LogP contribution is 2.43. The van der Waals surface area contributed by atoms with Gasteiger partial charge in [-0.2, -0.15) is 0 Å². The van der Waals surface area contributed by atoms with Crippen molar-refractivity contribution < 1.29 is 9.90 Å². The molecule has 3 unspecified atom stereocenters. The van der Waals surface area contributed by atoms with Crippen LogP contribution in [-0.2, 0) is 4.79 Å². The molecule has 1 amide bonds. The number of aliphatic hydroxyl groups is 1. The molecule has 6 nitrogen and oxygen atoms in total. The van der Waals surface area contributed by atoms with Crippen LogP contribution in [0.2, 0.25) is 0 Å². The smallest absolute Gasteiger partial charge is 0.224 e. The number of unbranched alkanes of at least 4 members (excludes halogenated alkanes) is 7. The first-order valence-corrected chi connectivity index (χ1v) is 16.6. The van der Waals surface area contributed by atoms with Crippen molar-refractivity contribution in [1.29, 1.82) is 0 Å². The summed E-state index contributed by atoms with van der Waals surface area (Å²) in [4.78, 5) is 22.3. The van der Waals surface area contributed by atoms with E-state index in [2.05, 4.69) is 36.5 Å². The average Bonchev–Trinajstić information content (AvgIpc) is 3.05. The molecule has 43 heavy (non-hydrogen) atoms. The molecular formula is C36H43BrN4O2. The van der Waals surface area contributed by atoms with E-state index in [9.17, 15) is 9.90 Å². The van der Waals surface area contributed by atoms with E-state index in [1.807, 2.05) is 91.0 Å². The maximum atomic E-state index is 13.1. The van der Waals surface area contributed by atoms with E-state index in [4.69, 9.17) is 0 Å². The van der Waals surface area contributed by atoms with Gasteiger partial charge in [0.1, 0.15) is 5.82 Å². The molecule has 0 fully saturated rings. The second-order valence-corrected chi connectivity index (χ2v) is 11.7. The predicted octanol–water partition coefficient (Wildman–Crippen LogP) is 8.99. The van der Waals surface area contributed by atoms with Crippen LogP contribution in [-0.4, -0.2) is 26.3 Å². The molecule has 226 valence electrons. The molecule has 2 aromatic carbocycles. The first-order chi connectivity index (χ1) is 21.2. The van der Waals surface area contributed by atoms with Crippen molar-refractivity contribution >= 4 is 33.3 Å². The number of hydrogen-bond acceptors (Lipinski definition) is 5. The minimum Gasteiger partial charge on any atom is -0.388 e. The maximum absolute atomic E-state index is 13.1. The summed E-state index contributed by atoms with van der Waals surface area (Å²) < 4.78 is 0. The van der Waals surface area contributed by atoms with Crippen molar-refractivity contribution in [1.82, 2.24) is 9.97 Å². The van der Waals surface area contributed by atoms with Crippen molar-refractivity contribution in [3.05, 3.63) is 120 Å². The highest BCUT2D eigenvalue weighted by atomic mass is 79.9. The van der Waals surface area contributed by atoms with E-state index in [0.717, 1.165) is 41.4 Å². The molecule has 0 aliphatic rings. The van der Waals surface area contributed by atoms with E-state index < -0.39 is 18.1 Å². The highest BCUT2D eigenvalue weighted by Gasteiger charge is 2.35. The Kier molecular flexibility index (Phi) is 13.7. The van der Waals surface area contributed by atoms with Crippen LogP contribution in [0.15, 0.2) is 103 Å². The zero-order valence-electron chi connectivity index (χ0n) is 24.7. The molecule has 3 atom stereocenters. The van der Waals surface area contributed by atoms with Gasteiger partial charge >= 0.3 is 0 Å². The number of hydrogen-bond donors (Lipinski definition) is 3. The number of rotatable bonds is 18. The van der Waals surface area contributed by atoms with Gasteiger partial charge in [0.15, 0.2) is 0 Å². The number of nitrogens with one attached hydrogen (secondary N) is 2. The summed E-state index contributed by atoms with van der Waals surface area (Å²) in [5.41, 5.74) is 3.10. The topological polar surface area (TPSA) is 87.1 Å². The second-order valence-electron chi connectivity index (χ2n) is 10.9. The van der Waals surface area contributed by atoms with Gasteiger partial charge in [-0.05, 0) is 54.3 Å². The minimum atomic E-state index is -0.874. The number of pyridine rings is 2. The van der Waals surface area contributed by atoms with Crippen LogP contribution >= 0.6 is 15.9 Å². The van der Waals surface area contributed by atoms with Gasteiger partial charge in [0.25, 0.3) is 0 Å². The first kappa shape index (κ1) is 32.4. The Hall–Kier alpha value is -3.55. The lowest BCUT2D eigenvalue weighted by atomic mass is 9.82. The third-order valence-electron chi connectivity index (χ3n) is 7.70. The molecule has 2 heterocycles. The average molecular weight is 644 g/mol. The molecule has 0 radical (unpaired) electrons. The van der Waals surface area contributed by atoms with Gasteiger partial charge in [-0.15, -0.1) is 0 Å². The normalized spacial score (nSPS) is 13.2. The molecule has 0 aliphatic heterocycles. The van der Waals surface area contributed by atoms with Crippen molar-refractivity contribution in [2.24, 2.45) is 0 Å². The van der Waals surface area contributed by atoms with Crippen LogP contribution in [0.4, 0.5) is 11.5 Å². The molecule has 0 bridgehead atoms. The fourth-order valence-corrected chi connectivity index (χ4v) is 5.85. The minimum absolute atomic E-state index is 0.000601. The third-order valence-corrected chi connectivity index (χ3v) is 8.26. The molecule has 2 aromatic heterocycles. The van der Waals surface area contributed by atoms with Gasteiger partial charge in [-0.3, -0.25) is 9.78 Å². The number of aromatic nitrogens is 2. The number of amides is 1. The Morgan fingerprint density at radius 3 is 2.02 bits per heavy atom. The molecule has 0 aliphatic carbocycles. The predicted molar refractivity (Wildman–Crippen MR) is 179 cm³/mol. The van der Waals surface area contributed by atoms with Gasteiger partial charge < -0.3 is 15.7 Å². The lowest BCUT2D eigenvalue weighted by molar-refractivity contribution is -0.116. The van der Waals surface area contributed by atoms with Crippen LogP contribution in [0.1, 0.15) is 92.7 Å². The zero-order chi connectivity index (χ0) is 30.1. The molecule has 3 N–H and O–H groups in total. The Morgan fingerprint density at radius 2 is 1.35 bits per heavy atom. The van der Waals surface area contributed by atoms with Crippen LogP contribution in [0, 0.1) is 0 Å². The number of alkyl halides is 1. The van der Waals surface area contributed by atoms with E-state index in [1.54, 1.807) is 12.4 Å². The van der Waals surface area contributed by atoms with Crippen molar-refractivity contribution in [3.8, 4) is 0 Å². The SMILES string of the molecule is O=C(CCCCCCCCCCBr)Nc1ccccc1C(Nc1ccccn1)C(c1ccccn1)C(O)c1ccccc1. The lowest BCUT2D eigenvalue weighted by Gasteiger charge is -2.33. The van der Waals surface area contributed by atoms with Crippen molar-refractivity contribution in [2.75, 3.05) is 16.0 Å².